The van der Waals surface area contributed by atoms with Crippen LogP contribution < -0.4 is 5.32 Å². The number of nitrogens with one attached hydrogen (secondary N) is 1. The Kier molecular flexibility index (Phi) is 5.08. The third-order valence-corrected chi connectivity index (χ3v) is 4.08. The van der Waals surface area contributed by atoms with Gasteiger partial charge in [0.2, 0.25) is 5.91 Å². The van der Waals surface area contributed by atoms with Gasteiger partial charge < -0.3 is 5.32 Å². The first-order valence-corrected chi connectivity index (χ1v) is 7.50. The van der Waals surface area contributed by atoms with Crippen LogP contribution in [0.5, 0.6) is 0 Å². The van der Waals surface area contributed by atoms with Gasteiger partial charge in [-0.15, -0.1) is 0 Å². The highest BCUT2D eigenvalue weighted by atomic mass is 79.9. The molecular formula is C14H14BrF3N4O. The lowest BCUT2D eigenvalue weighted by Gasteiger charge is -2.06. The maximum atomic E-state index is 12.8. The number of rotatable bonds is 4. The van der Waals surface area contributed by atoms with Crippen LogP contribution in [-0.4, -0.2) is 20.7 Å². The molecule has 2 aromatic rings. The first-order valence-electron chi connectivity index (χ1n) is 6.71. The number of hydrogen-bond donors (Lipinski definition) is 1. The van der Waals surface area contributed by atoms with Gasteiger partial charge in [0.1, 0.15) is 5.82 Å². The molecule has 2 rings (SSSR count). The molecule has 0 aliphatic rings. The molecule has 2 aromatic heterocycles. The van der Waals surface area contributed by atoms with Gasteiger partial charge in [0.15, 0.2) is 5.69 Å². The Morgan fingerprint density at radius 2 is 2.09 bits per heavy atom. The van der Waals surface area contributed by atoms with Crippen molar-refractivity contribution in [2.24, 2.45) is 0 Å². The maximum Gasteiger partial charge on any atom is 0.436 e. The van der Waals surface area contributed by atoms with Crippen LogP contribution in [0.1, 0.15) is 23.4 Å². The predicted octanol–water partition coefficient (Wildman–Crippen LogP) is 3.71. The van der Waals surface area contributed by atoms with E-state index in [0.717, 1.165) is 10.2 Å². The van der Waals surface area contributed by atoms with E-state index in [2.05, 4.69) is 31.3 Å². The van der Waals surface area contributed by atoms with Crippen LogP contribution in [0.15, 0.2) is 22.8 Å². The molecule has 5 nitrogen and oxygen atoms in total. The molecule has 0 saturated carbocycles. The van der Waals surface area contributed by atoms with Crippen LogP contribution in [0.25, 0.3) is 0 Å². The van der Waals surface area contributed by atoms with Gasteiger partial charge in [0, 0.05) is 12.6 Å². The number of hydrogen-bond acceptors (Lipinski definition) is 3. The van der Waals surface area contributed by atoms with Gasteiger partial charge in [0.05, 0.1) is 16.7 Å². The van der Waals surface area contributed by atoms with Gasteiger partial charge in [-0.3, -0.25) is 9.48 Å². The summed E-state index contributed by atoms with van der Waals surface area (Å²) in [5, 5.41) is 6.12. The smallest absolute Gasteiger partial charge is 0.311 e. The minimum Gasteiger partial charge on any atom is -0.311 e. The van der Waals surface area contributed by atoms with Crippen molar-refractivity contribution in [2.75, 3.05) is 5.32 Å². The van der Waals surface area contributed by atoms with Crippen LogP contribution in [0.3, 0.4) is 0 Å². The Balaban J connectivity index is 2.02. The van der Waals surface area contributed by atoms with Gasteiger partial charge in [-0.1, -0.05) is 0 Å². The molecule has 2 heterocycles. The van der Waals surface area contributed by atoms with Crippen molar-refractivity contribution < 1.29 is 18.0 Å². The van der Waals surface area contributed by atoms with Gasteiger partial charge in [-0.05, 0) is 47.5 Å². The van der Waals surface area contributed by atoms with E-state index in [0.29, 0.717) is 11.5 Å². The van der Waals surface area contributed by atoms with Gasteiger partial charge in [0.25, 0.3) is 0 Å². The zero-order valence-electron chi connectivity index (χ0n) is 12.4. The summed E-state index contributed by atoms with van der Waals surface area (Å²) in [6.07, 6.45) is -2.99. The zero-order valence-corrected chi connectivity index (χ0v) is 14.0. The quantitative estimate of drug-likeness (QED) is 0.865. The van der Waals surface area contributed by atoms with Gasteiger partial charge in [-0.2, -0.15) is 18.3 Å². The first kappa shape index (κ1) is 17.5. The summed E-state index contributed by atoms with van der Waals surface area (Å²) >= 11 is 2.89. The van der Waals surface area contributed by atoms with Crippen molar-refractivity contribution in [2.45, 2.75) is 33.0 Å². The molecule has 124 valence electrons. The second-order valence-corrected chi connectivity index (χ2v) is 5.78. The van der Waals surface area contributed by atoms with Crippen LogP contribution in [0.2, 0.25) is 0 Å². The summed E-state index contributed by atoms with van der Waals surface area (Å²) in [6, 6.07) is 3.49. The SMILES string of the molecule is Cc1ccnc(NC(=O)CCn2nc(C(F)(F)F)c(Br)c2C)c1. The van der Waals surface area contributed by atoms with E-state index in [-0.39, 0.29) is 23.3 Å². The molecule has 0 radical (unpaired) electrons. The molecule has 0 unspecified atom stereocenters. The topological polar surface area (TPSA) is 59.8 Å². The number of aryl methyl sites for hydroxylation is 2. The van der Waals surface area contributed by atoms with Crippen molar-refractivity contribution >= 4 is 27.7 Å². The van der Waals surface area contributed by atoms with Crippen LogP contribution in [0.4, 0.5) is 19.0 Å². The Morgan fingerprint density at radius 1 is 1.39 bits per heavy atom. The fourth-order valence-corrected chi connectivity index (χ4v) is 2.45. The predicted molar refractivity (Wildman–Crippen MR) is 81.9 cm³/mol. The molecule has 0 atom stereocenters. The van der Waals surface area contributed by atoms with Crippen molar-refractivity contribution in [3.63, 3.8) is 0 Å². The largest absolute Gasteiger partial charge is 0.436 e. The fourth-order valence-electron chi connectivity index (χ4n) is 1.94. The molecule has 0 aromatic carbocycles. The number of nitrogens with zero attached hydrogens (tertiary/aromatic N) is 3. The first-order chi connectivity index (χ1) is 10.7. The number of anilines is 1. The average molecular weight is 391 g/mol. The Bertz CT molecular complexity index is 727. The van der Waals surface area contributed by atoms with Crippen LogP contribution in [-0.2, 0) is 17.5 Å². The summed E-state index contributed by atoms with van der Waals surface area (Å²) in [5.41, 5.74) is 0.270. The number of carbonyl (C=O) groups is 1. The lowest BCUT2D eigenvalue weighted by Crippen LogP contribution is -2.16. The van der Waals surface area contributed by atoms with Gasteiger partial charge >= 0.3 is 6.18 Å². The molecule has 9 heteroatoms. The molecular weight excluding hydrogens is 377 g/mol. The summed E-state index contributed by atoms with van der Waals surface area (Å²) in [4.78, 5) is 15.9. The van der Waals surface area contributed by atoms with Crippen LogP contribution in [0, 0.1) is 13.8 Å². The number of carbonyl (C=O) groups excluding carboxylic acids is 1. The molecule has 0 aliphatic heterocycles. The highest BCUT2D eigenvalue weighted by Crippen LogP contribution is 2.35. The van der Waals surface area contributed by atoms with Crippen molar-refractivity contribution in [1.82, 2.24) is 14.8 Å². The lowest BCUT2D eigenvalue weighted by molar-refractivity contribution is -0.142. The minimum absolute atomic E-state index is 0.0120. The molecule has 1 N–H and O–H groups in total. The zero-order chi connectivity index (χ0) is 17.2. The van der Waals surface area contributed by atoms with E-state index >= 15 is 0 Å². The Hall–Kier alpha value is -1.90. The van der Waals surface area contributed by atoms with Crippen molar-refractivity contribution in [1.29, 1.82) is 0 Å². The second kappa shape index (κ2) is 6.69. The number of alkyl halides is 3. The molecule has 0 spiro atoms. The minimum atomic E-state index is -4.54. The molecule has 1 amide bonds. The lowest BCUT2D eigenvalue weighted by atomic mass is 10.3. The molecule has 0 aliphatic carbocycles. The maximum absolute atomic E-state index is 12.8. The highest BCUT2D eigenvalue weighted by Gasteiger charge is 2.37. The molecule has 0 fully saturated rings. The molecule has 0 bridgehead atoms. The number of amides is 1. The van der Waals surface area contributed by atoms with Crippen molar-refractivity contribution in [3.05, 3.63) is 39.8 Å². The number of halogens is 4. The Labute approximate surface area is 139 Å². The average Bonchev–Trinajstić information content (AvgIpc) is 2.73. The summed E-state index contributed by atoms with van der Waals surface area (Å²) in [6.45, 7) is 3.41. The molecule has 23 heavy (non-hydrogen) atoms. The van der Waals surface area contributed by atoms with E-state index in [1.54, 1.807) is 18.3 Å². The summed E-state index contributed by atoms with van der Waals surface area (Å²) < 4.78 is 39.4. The van der Waals surface area contributed by atoms with E-state index in [1.165, 1.54) is 6.92 Å². The standard InChI is InChI=1S/C14H14BrF3N4O/c1-8-3-5-19-10(7-8)20-11(23)4-6-22-9(2)12(15)13(21-22)14(16,17)18/h3,5,7H,4,6H2,1-2H3,(H,19,20,23). The van der Waals surface area contributed by atoms with Gasteiger partial charge in [-0.25, -0.2) is 4.98 Å². The monoisotopic (exact) mass is 390 g/mol. The third kappa shape index (κ3) is 4.31. The second-order valence-electron chi connectivity index (χ2n) is 4.99. The van der Waals surface area contributed by atoms with E-state index < -0.39 is 11.9 Å². The number of aromatic nitrogens is 3. The molecule has 0 saturated heterocycles. The van der Waals surface area contributed by atoms with E-state index in [4.69, 9.17) is 0 Å². The summed E-state index contributed by atoms with van der Waals surface area (Å²) in [7, 11) is 0. The fraction of sp³-hybridized carbons (Fsp3) is 0.357. The Morgan fingerprint density at radius 3 is 2.65 bits per heavy atom. The normalized spacial score (nSPS) is 11.6. The van der Waals surface area contributed by atoms with E-state index in [1.807, 2.05) is 6.92 Å². The van der Waals surface area contributed by atoms with Crippen LogP contribution >= 0.6 is 15.9 Å². The van der Waals surface area contributed by atoms with E-state index in [9.17, 15) is 18.0 Å². The third-order valence-electron chi connectivity index (χ3n) is 3.14. The number of pyridine rings is 1. The highest BCUT2D eigenvalue weighted by molar-refractivity contribution is 9.10. The van der Waals surface area contributed by atoms with Crippen molar-refractivity contribution in [3.8, 4) is 0 Å². The summed E-state index contributed by atoms with van der Waals surface area (Å²) in [5.74, 6) is 0.0621.